The third-order valence-electron chi connectivity index (χ3n) is 5.92. The molecule has 1 amide bonds. The molecule has 4 aliphatic heterocycles. The van der Waals surface area contributed by atoms with Gasteiger partial charge in [0.2, 0.25) is 12.5 Å². The molecule has 0 spiro atoms. The molecular formula is C18H17NO9. The van der Waals surface area contributed by atoms with Gasteiger partial charge in [-0.05, 0) is 25.5 Å². The molecular weight excluding hydrogens is 374 g/mol. The summed E-state index contributed by atoms with van der Waals surface area (Å²) in [6.07, 6.45) is -3.35. The maximum Gasteiger partial charge on any atom is 0.509 e. The lowest BCUT2D eigenvalue weighted by molar-refractivity contribution is -0.153. The van der Waals surface area contributed by atoms with E-state index in [-0.39, 0.29) is 23.9 Å². The maximum atomic E-state index is 12.9. The van der Waals surface area contributed by atoms with E-state index in [2.05, 4.69) is 5.32 Å². The Morgan fingerprint density at radius 2 is 1.82 bits per heavy atom. The van der Waals surface area contributed by atoms with Gasteiger partial charge in [0.05, 0.1) is 11.6 Å². The number of phenols is 1. The second-order valence-corrected chi connectivity index (χ2v) is 7.93. The molecule has 10 heteroatoms. The van der Waals surface area contributed by atoms with Crippen LogP contribution in [0, 0.1) is 0 Å². The van der Waals surface area contributed by atoms with Crippen molar-refractivity contribution in [1.82, 2.24) is 5.32 Å². The molecule has 5 aliphatic rings. The van der Waals surface area contributed by atoms with Crippen LogP contribution in [0.5, 0.6) is 17.2 Å². The van der Waals surface area contributed by atoms with Crippen LogP contribution in [-0.2, 0) is 18.9 Å². The van der Waals surface area contributed by atoms with Crippen LogP contribution in [0.25, 0.3) is 0 Å². The van der Waals surface area contributed by atoms with Crippen molar-refractivity contribution in [3.63, 3.8) is 0 Å². The molecule has 1 aromatic carbocycles. The first kappa shape index (κ1) is 16.3. The maximum absolute atomic E-state index is 12.9. The molecule has 148 valence electrons. The van der Waals surface area contributed by atoms with Crippen LogP contribution < -0.4 is 14.8 Å². The number of rotatable bonds is 0. The highest BCUT2D eigenvalue weighted by Crippen LogP contribution is 2.53. The summed E-state index contributed by atoms with van der Waals surface area (Å²) >= 11 is 0. The van der Waals surface area contributed by atoms with Crippen LogP contribution >= 0.6 is 0 Å². The molecule has 1 saturated carbocycles. The van der Waals surface area contributed by atoms with Crippen molar-refractivity contribution in [2.75, 3.05) is 6.79 Å². The monoisotopic (exact) mass is 391 g/mol. The molecule has 2 N–H and O–H groups in total. The molecule has 1 aliphatic carbocycles. The number of benzene rings is 1. The minimum Gasteiger partial charge on any atom is -0.504 e. The fourth-order valence-electron chi connectivity index (χ4n) is 4.99. The molecule has 0 aromatic heterocycles. The zero-order valence-electron chi connectivity index (χ0n) is 15.0. The predicted octanol–water partition coefficient (Wildman–Crippen LogP) is 0.754. The zero-order chi connectivity index (χ0) is 19.4. The minimum absolute atomic E-state index is 0.0541. The molecule has 1 aromatic rings. The van der Waals surface area contributed by atoms with Gasteiger partial charge in [0.1, 0.15) is 12.2 Å². The first-order valence-corrected chi connectivity index (χ1v) is 9.03. The van der Waals surface area contributed by atoms with Crippen molar-refractivity contribution in [2.45, 2.75) is 56.0 Å². The fourth-order valence-corrected chi connectivity index (χ4v) is 4.99. The van der Waals surface area contributed by atoms with E-state index in [1.807, 2.05) is 0 Å². The Balaban J connectivity index is 1.54. The summed E-state index contributed by atoms with van der Waals surface area (Å²) in [5.74, 6) is -1.73. The molecule has 0 unspecified atom stereocenters. The molecule has 0 radical (unpaired) electrons. The largest absolute Gasteiger partial charge is 0.509 e. The van der Waals surface area contributed by atoms with E-state index >= 15 is 0 Å². The lowest BCUT2D eigenvalue weighted by atomic mass is 9.70. The van der Waals surface area contributed by atoms with Crippen LogP contribution in [0.1, 0.15) is 35.7 Å². The number of aromatic hydroxyl groups is 1. The Hall–Kier alpha value is -2.72. The Bertz CT molecular complexity index is 928. The van der Waals surface area contributed by atoms with Gasteiger partial charge in [-0.3, -0.25) is 4.79 Å². The Kier molecular flexibility index (Phi) is 2.90. The summed E-state index contributed by atoms with van der Waals surface area (Å²) in [6.45, 7) is 3.46. The van der Waals surface area contributed by atoms with Gasteiger partial charge >= 0.3 is 6.16 Å². The average Bonchev–Trinajstić information content (AvgIpc) is 3.30. The molecule has 28 heavy (non-hydrogen) atoms. The van der Waals surface area contributed by atoms with Crippen molar-refractivity contribution in [3.8, 4) is 17.2 Å². The lowest BCUT2D eigenvalue weighted by Crippen LogP contribution is -2.64. The van der Waals surface area contributed by atoms with Gasteiger partial charge < -0.3 is 38.8 Å². The quantitative estimate of drug-likeness (QED) is 0.617. The summed E-state index contributed by atoms with van der Waals surface area (Å²) < 4.78 is 33.5. The summed E-state index contributed by atoms with van der Waals surface area (Å²) in [5.41, 5.74) is 0.569. The molecule has 10 nitrogen and oxygen atoms in total. The van der Waals surface area contributed by atoms with Gasteiger partial charge in [0, 0.05) is 5.92 Å². The van der Waals surface area contributed by atoms with Gasteiger partial charge in [-0.2, -0.15) is 0 Å². The van der Waals surface area contributed by atoms with Crippen LogP contribution in [0.3, 0.4) is 0 Å². The van der Waals surface area contributed by atoms with Crippen molar-refractivity contribution in [1.29, 1.82) is 0 Å². The highest BCUT2D eigenvalue weighted by atomic mass is 16.8. The third kappa shape index (κ3) is 1.93. The van der Waals surface area contributed by atoms with E-state index in [9.17, 15) is 14.7 Å². The van der Waals surface area contributed by atoms with E-state index < -0.39 is 54.2 Å². The lowest BCUT2D eigenvalue weighted by Gasteiger charge is -2.45. The Morgan fingerprint density at radius 1 is 1.07 bits per heavy atom. The molecule has 4 heterocycles. The van der Waals surface area contributed by atoms with Crippen LogP contribution in [0.15, 0.2) is 6.07 Å². The summed E-state index contributed by atoms with van der Waals surface area (Å²) in [7, 11) is 0. The SMILES string of the molecule is CC1(C)O[C@@H]2[C@H]3OC(=O)O[C@H]3[C@@H]3c4cc5c(c(O)c4C(=O)N[C@H]3[C@@H]2O1)OCO5. The molecule has 6 atom stereocenters. The van der Waals surface area contributed by atoms with Crippen molar-refractivity contribution in [2.24, 2.45) is 0 Å². The molecule has 6 rings (SSSR count). The summed E-state index contributed by atoms with van der Waals surface area (Å²) in [5, 5.41) is 13.5. The molecule has 2 saturated heterocycles. The standard InChI is InChI=1S/C18H17NO9/c1-18(2)27-13-9-7(12-14(15(13)28-18)26-17(22)25-12)5-3-6-11(24-4-23-6)10(20)8(5)16(21)19-9/h3,7,9,12-15,20H,4H2,1-2H3,(H,19,21)/t7-,9-,12+,13+,14+,15+/m1/s1. The predicted molar refractivity (Wildman–Crippen MR) is 87.2 cm³/mol. The number of carbonyl (C=O) groups is 2. The topological polar surface area (TPSA) is 122 Å². The molecule has 3 fully saturated rings. The van der Waals surface area contributed by atoms with E-state index in [4.69, 9.17) is 28.4 Å². The summed E-state index contributed by atoms with van der Waals surface area (Å²) in [6, 6.07) is 1.11. The first-order valence-electron chi connectivity index (χ1n) is 9.03. The van der Waals surface area contributed by atoms with Crippen molar-refractivity contribution >= 4 is 12.1 Å². The van der Waals surface area contributed by atoms with E-state index in [0.29, 0.717) is 11.3 Å². The zero-order valence-corrected chi connectivity index (χ0v) is 15.0. The molecule has 0 bridgehead atoms. The van der Waals surface area contributed by atoms with Crippen molar-refractivity contribution in [3.05, 3.63) is 17.2 Å². The van der Waals surface area contributed by atoms with Gasteiger partial charge in [-0.25, -0.2) is 4.79 Å². The van der Waals surface area contributed by atoms with Gasteiger partial charge in [-0.1, -0.05) is 0 Å². The highest BCUT2D eigenvalue weighted by Gasteiger charge is 2.65. The number of phenolic OH excluding ortho intramolecular Hbond substituents is 1. The van der Waals surface area contributed by atoms with Gasteiger partial charge in [-0.15, -0.1) is 0 Å². The minimum atomic E-state index is -0.911. The second-order valence-electron chi connectivity index (χ2n) is 7.93. The second kappa shape index (κ2) is 5.00. The van der Waals surface area contributed by atoms with Gasteiger partial charge in [0.25, 0.3) is 5.91 Å². The van der Waals surface area contributed by atoms with E-state index in [1.165, 1.54) is 0 Å². The highest BCUT2D eigenvalue weighted by molar-refractivity contribution is 6.01. The van der Waals surface area contributed by atoms with Crippen molar-refractivity contribution < 1.29 is 43.1 Å². The number of ether oxygens (including phenoxy) is 6. The number of hydrogen-bond donors (Lipinski definition) is 2. The number of nitrogens with one attached hydrogen (secondary N) is 1. The van der Waals surface area contributed by atoms with E-state index in [0.717, 1.165) is 0 Å². The fraction of sp³-hybridized carbons (Fsp3) is 0.556. The van der Waals surface area contributed by atoms with Crippen LogP contribution in [0.2, 0.25) is 0 Å². The summed E-state index contributed by atoms with van der Waals surface area (Å²) in [4.78, 5) is 24.8. The normalized spacial score (nSPS) is 38.5. The van der Waals surface area contributed by atoms with Crippen LogP contribution in [0.4, 0.5) is 4.79 Å². The number of hydrogen-bond acceptors (Lipinski definition) is 9. The number of amides is 1. The third-order valence-corrected chi connectivity index (χ3v) is 5.92. The number of carbonyl (C=O) groups excluding carboxylic acids is 2. The van der Waals surface area contributed by atoms with Gasteiger partial charge in [0.15, 0.2) is 29.5 Å². The Morgan fingerprint density at radius 3 is 2.64 bits per heavy atom. The van der Waals surface area contributed by atoms with E-state index in [1.54, 1.807) is 19.9 Å². The number of fused-ring (bicyclic) bond motifs is 9. The van der Waals surface area contributed by atoms with Crippen LogP contribution in [-0.4, -0.2) is 60.2 Å². The first-order chi connectivity index (χ1) is 13.3. The smallest absolute Gasteiger partial charge is 0.504 e. The average molecular weight is 391 g/mol. The Labute approximate surface area is 158 Å².